The molecule has 1 N–H and O–H groups in total. The molecule has 0 saturated carbocycles. The number of sulfonamides is 1. The van der Waals surface area contributed by atoms with Gasteiger partial charge in [-0.3, -0.25) is 9.10 Å². The normalized spacial score (nSPS) is 11.2. The van der Waals surface area contributed by atoms with E-state index in [1.807, 2.05) is 64.1 Å². The first-order chi connectivity index (χ1) is 14.1. The SMILES string of the molecule is Cc1ccc(C)c(N(CCCC(=O)NCCOc2cccc(C)c2C)S(C)(=O)=O)c1. The zero-order valence-electron chi connectivity index (χ0n) is 18.5. The van der Waals surface area contributed by atoms with E-state index in [-0.39, 0.29) is 18.9 Å². The van der Waals surface area contributed by atoms with Crippen LogP contribution in [-0.4, -0.2) is 40.3 Å². The van der Waals surface area contributed by atoms with Gasteiger partial charge in [-0.25, -0.2) is 8.42 Å². The Hall–Kier alpha value is -2.54. The summed E-state index contributed by atoms with van der Waals surface area (Å²) in [6.45, 7) is 8.89. The van der Waals surface area contributed by atoms with Gasteiger partial charge in [0.05, 0.1) is 18.5 Å². The molecule has 0 radical (unpaired) electrons. The van der Waals surface area contributed by atoms with E-state index in [1.165, 1.54) is 10.6 Å². The average Bonchev–Trinajstić information content (AvgIpc) is 2.67. The summed E-state index contributed by atoms with van der Waals surface area (Å²) >= 11 is 0. The van der Waals surface area contributed by atoms with Crippen molar-refractivity contribution in [2.24, 2.45) is 0 Å². The highest BCUT2D eigenvalue weighted by atomic mass is 32.2. The predicted octanol–water partition coefficient (Wildman–Crippen LogP) is 3.66. The highest BCUT2D eigenvalue weighted by Crippen LogP contribution is 2.24. The molecule has 1 amide bonds. The molecule has 0 unspecified atom stereocenters. The van der Waals surface area contributed by atoms with Crippen molar-refractivity contribution < 1.29 is 17.9 Å². The van der Waals surface area contributed by atoms with Crippen LogP contribution in [0.2, 0.25) is 0 Å². The topological polar surface area (TPSA) is 75.7 Å². The number of benzene rings is 2. The summed E-state index contributed by atoms with van der Waals surface area (Å²) in [6, 6.07) is 11.6. The predicted molar refractivity (Wildman–Crippen MR) is 122 cm³/mol. The third kappa shape index (κ3) is 6.76. The lowest BCUT2D eigenvalue weighted by Gasteiger charge is -2.24. The summed E-state index contributed by atoms with van der Waals surface area (Å²) < 4.78 is 31.7. The average molecular weight is 433 g/mol. The van der Waals surface area contributed by atoms with Gasteiger partial charge < -0.3 is 10.1 Å². The molecule has 30 heavy (non-hydrogen) atoms. The molecular weight excluding hydrogens is 400 g/mol. The van der Waals surface area contributed by atoms with Crippen molar-refractivity contribution in [1.29, 1.82) is 0 Å². The minimum absolute atomic E-state index is 0.117. The van der Waals surface area contributed by atoms with Gasteiger partial charge in [0, 0.05) is 13.0 Å². The van der Waals surface area contributed by atoms with Crippen molar-refractivity contribution >= 4 is 21.6 Å². The molecule has 0 fully saturated rings. The standard InChI is InChI=1S/C23H32N2O4S/c1-17-11-12-19(3)21(16-17)25(30(5,27)28)14-7-10-23(26)24-13-15-29-22-9-6-8-18(2)20(22)4/h6,8-9,11-12,16H,7,10,13-15H2,1-5H3,(H,24,26). The Balaban J connectivity index is 1.82. The van der Waals surface area contributed by atoms with Gasteiger partial charge >= 0.3 is 0 Å². The zero-order valence-corrected chi connectivity index (χ0v) is 19.3. The number of hydrogen-bond acceptors (Lipinski definition) is 4. The highest BCUT2D eigenvalue weighted by molar-refractivity contribution is 7.92. The van der Waals surface area contributed by atoms with Crippen LogP contribution < -0.4 is 14.4 Å². The second kappa shape index (κ2) is 10.5. The summed E-state index contributed by atoms with van der Waals surface area (Å²) in [5, 5.41) is 2.83. The molecule has 0 bridgehead atoms. The Labute approximate surface area is 180 Å². The fourth-order valence-electron chi connectivity index (χ4n) is 3.16. The van der Waals surface area contributed by atoms with Gasteiger partial charge in [0.2, 0.25) is 15.9 Å². The van der Waals surface area contributed by atoms with Crippen LogP contribution in [-0.2, 0) is 14.8 Å². The lowest BCUT2D eigenvalue weighted by molar-refractivity contribution is -0.121. The van der Waals surface area contributed by atoms with Gasteiger partial charge in [-0.2, -0.15) is 0 Å². The van der Waals surface area contributed by atoms with E-state index in [9.17, 15) is 13.2 Å². The zero-order chi connectivity index (χ0) is 22.3. The van der Waals surface area contributed by atoms with Gasteiger partial charge in [-0.15, -0.1) is 0 Å². The van der Waals surface area contributed by atoms with E-state index in [0.29, 0.717) is 25.3 Å². The summed E-state index contributed by atoms with van der Waals surface area (Å²) in [5.74, 6) is 0.704. The van der Waals surface area contributed by atoms with Gasteiger partial charge in [0.25, 0.3) is 0 Å². The van der Waals surface area contributed by atoms with Crippen LogP contribution in [0.1, 0.15) is 35.1 Å². The number of nitrogens with one attached hydrogen (secondary N) is 1. The molecule has 0 aliphatic heterocycles. The highest BCUT2D eigenvalue weighted by Gasteiger charge is 2.19. The third-order valence-electron chi connectivity index (χ3n) is 5.04. The van der Waals surface area contributed by atoms with E-state index in [2.05, 4.69) is 5.32 Å². The quantitative estimate of drug-likeness (QED) is 0.582. The van der Waals surface area contributed by atoms with Crippen LogP contribution in [0.3, 0.4) is 0 Å². The maximum absolute atomic E-state index is 12.3. The Morgan fingerprint density at radius 3 is 2.50 bits per heavy atom. The minimum atomic E-state index is -3.43. The molecule has 2 aromatic carbocycles. The number of amides is 1. The Bertz CT molecular complexity index is 987. The number of rotatable bonds is 10. The second-order valence-electron chi connectivity index (χ2n) is 7.63. The molecule has 7 heteroatoms. The monoisotopic (exact) mass is 432 g/mol. The largest absolute Gasteiger partial charge is 0.491 e. The fourth-order valence-corrected chi connectivity index (χ4v) is 4.17. The number of anilines is 1. The van der Waals surface area contributed by atoms with Crippen molar-refractivity contribution in [2.75, 3.05) is 30.3 Å². The van der Waals surface area contributed by atoms with Crippen molar-refractivity contribution in [1.82, 2.24) is 5.32 Å². The number of hydrogen-bond donors (Lipinski definition) is 1. The molecule has 2 aromatic rings. The molecule has 6 nitrogen and oxygen atoms in total. The van der Waals surface area contributed by atoms with Gasteiger partial charge in [-0.1, -0.05) is 24.3 Å². The van der Waals surface area contributed by atoms with Crippen molar-refractivity contribution in [3.63, 3.8) is 0 Å². The maximum Gasteiger partial charge on any atom is 0.232 e. The first-order valence-corrected chi connectivity index (χ1v) is 11.9. The Morgan fingerprint density at radius 2 is 1.80 bits per heavy atom. The summed E-state index contributed by atoms with van der Waals surface area (Å²) in [5.41, 5.74) is 4.80. The molecule has 0 aliphatic carbocycles. The van der Waals surface area contributed by atoms with Gasteiger partial charge in [0.1, 0.15) is 12.4 Å². The molecule has 2 rings (SSSR count). The van der Waals surface area contributed by atoms with Crippen LogP contribution in [0.5, 0.6) is 5.75 Å². The molecule has 0 heterocycles. The number of carbonyl (C=O) groups excluding carboxylic acids is 1. The fraction of sp³-hybridized carbons (Fsp3) is 0.435. The van der Waals surface area contributed by atoms with E-state index >= 15 is 0 Å². The lowest BCUT2D eigenvalue weighted by atomic mass is 10.1. The number of carbonyl (C=O) groups is 1. The lowest BCUT2D eigenvalue weighted by Crippen LogP contribution is -2.33. The second-order valence-corrected chi connectivity index (χ2v) is 9.53. The molecule has 0 atom stereocenters. The van der Waals surface area contributed by atoms with E-state index in [1.54, 1.807) is 0 Å². The van der Waals surface area contributed by atoms with E-state index in [0.717, 1.165) is 28.0 Å². The minimum Gasteiger partial charge on any atom is -0.491 e. The molecule has 0 spiro atoms. The van der Waals surface area contributed by atoms with Gasteiger partial charge in [0.15, 0.2) is 0 Å². The van der Waals surface area contributed by atoms with Crippen LogP contribution >= 0.6 is 0 Å². The maximum atomic E-state index is 12.3. The molecule has 0 saturated heterocycles. The molecule has 164 valence electrons. The van der Waals surface area contributed by atoms with Crippen molar-refractivity contribution in [3.8, 4) is 5.75 Å². The van der Waals surface area contributed by atoms with E-state index < -0.39 is 10.0 Å². The van der Waals surface area contributed by atoms with Crippen LogP contribution in [0.25, 0.3) is 0 Å². The van der Waals surface area contributed by atoms with Crippen molar-refractivity contribution in [2.45, 2.75) is 40.5 Å². The van der Waals surface area contributed by atoms with Crippen LogP contribution in [0.4, 0.5) is 5.69 Å². The number of aryl methyl sites for hydroxylation is 3. The van der Waals surface area contributed by atoms with Crippen LogP contribution in [0, 0.1) is 27.7 Å². The van der Waals surface area contributed by atoms with Gasteiger partial charge in [-0.05, 0) is 68.5 Å². The van der Waals surface area contributed by atoms with Crippen molar-refractivity contribution in [3.05, 3.63) is 58.7 Å². The molecule has 0 aromatic heterocycles. The first-order valence-electron chi connectivity index (χ1n) is 10.1. The summed E-state index contributed by atoms with van der Waals surface area (Å²) in [4.78, 5) is 12.1. The number of nitrogens with zero attached hydrogens (tertiary/aromatic N) is 1. The molecule has 0 aliphatic rings. The Kier molecular flexibility index (Phi) is 8.29. The summed E-state index contributed by atoms with van der Waals surface area (Å²) in [7, 11) is -3.43. The third-order valence-corrected chi connectivity index (χ3v) is 6.22. The van der Waals surface area contributed by atoms with Crippen LogP contribution in [0.15, 0.2) is 36.4 Å². The summed E-state index contributed by atoms with van der Waals surface area (Å²) in [6.07, 6.45) is 1.88. The smallest absolute Gasteiger partial charge is 0.232 e. The first kappa shape index (κ1) is 23.7. The Morgan fingerprint density at radius 1 is 1.07 bits per heavy atom. The van der Waals surface area contributed by atoms with E-state index in [4.69, 9.17) is 4.74 Å². The number of ether oxygens (including phenoxy) is 1. The molecular formula is C23H32N2O4S.